The van der Waals surface area contributed by atoms with Crippen LogP contribution in [0.15, 0.2) is 22.7 Å². The molecule has 0 aromatic heterocycles. The van der Waals surface area contributed by atoms with Crippen LogP contribution in [0.4, 0.5) is 0 Å². The standard InChI is InChI=1S/C16H19BrO3/c1-19-15-7-4-12(17)8-14(15)16(9-20-10-16)11-2-5-13(18)6-3-11/h4,7-8,11H,2-3,5-6,9-10H2,1H3. The highest BCUT2D eigenvalue weighted by atomic mass is 79.9. The summed E-state index contributed by atoms with van der Waals surface area (Å²) < 4.78 is 12.2. The van der Waals surface area contributed by atoms with Gasteiger partial charge in [-0.3, -0.25) is 4.79 Å². The molecule has 3 rings (SSSR count). The van der Waals surface area contributed by atoms with E-state index in [4.69, 9.17) is 9.47 Å². The lowest BCUT2D eigenvalue weighted by Crippen LogP contribution is -2.53. The summed E-state index contributed by atoms with van der Waals surface area (Å²) in [5, 5.41) is 0. The molecule has 1 aromatic rings. The van der Waals surface area contributed by atoms with Gasteiger partial charge in [0.15, 0.2) is 0 Å². The van der Waals surface area contributed by atoms with Crippen molar-refractivity contribution in [1.82, 2.24) is 0 Å². The fourth-order valence-electron chi connectivity index (χ4n) is 3.49. The zero-order valence-corrected chi connectivity index (χ0v) is 13.2. The Kier molecular flexibility index (Phi) is 3.87. The largest absolute Gasteiger partial charge is 0.496 e. The van der Waals surface area contributed by atoms with Gasteiger partial charge in [-0.2, -0.15) is 0 Å². The first-order valence-electron chi connectivity index (χ1n) is 7.09. The van der Waals surface area contributed by atoms with Crippen molar-refractivity contribution in [3.63, 3.8) is 0 Å². The van der Waals surface area contributed by atoms with Gasteiger partial charge in [0.25, 0.3) is 0 Å². The summed E-state index contributed by atoms with van der Waals surface area (Å²) in [7, 11) is 1.71. The second kappa shape index (κ2) is 5.49. The Balaban J connectivity index is 1.96. The number of halogens is 1. The van der Waals surface area contributed by atoms with E-state index in [1.807, 2.05) is 12.1 Å². The summed E-state index contributed by atoms with van der Waals surface area (Å²) in [6.07, 6.45) is 3.36. The average Bonchev–Trinajstić information content (AvgIpc) is 2.40. The molecule has 2 aliphatic rings. The lowest BCUT2D eigenvalue weighted by atomic mass is 9.63. The maximum atomic E-state index is 11.5. The SMILES string of the molecule is COc1ccc(Br)cc1C1(C2CCC(=O)CC2)COC1. The van der Waals surface area contributed by atoms with Crippen LogP contribution in [0.2, 0.25) is 0 Å². The van der Waals surface area contributed by atoms with Crippen molar-refractivity contribution in [3.8, 4) is 5.75 Å². The second-order valence-electron chi connectivity index (χ2n) is 5.81. The molecule has 3 nitrogen and oxygen atoms in total. The minimum Gasteiger partial charge on any atom is -0.496 e. The molecule has 4 heteroatoms. The highest BCUT2D eigenvalue weighted by Gasteiger charge is 2.49. The van der Waals surface area contributed by atoms with Gasteiger partial charge in [0.2, 0.25) is 0 Å². The van der Waals surface area contributed by atoms with Gasteiger partial charge in [0, 0.05) is 28.3 Å². The molecule has 1 aliphatic heterocycles. The molecule has 0 atom stereocenters. The zero-order chi connectivity index (χ0) is 14.2. The molecule has 108 valence electrons. The first-order valence-corrected chi connectivity index (χ1v) is 7.88. The van der Waals surface area contributed by atoms with Gasteiger partial charge in [0.1, 0.15) is 11.5 Å². The Hall–Kier alpha value is -0.870. The molecule has 2 fully saturated rings. The van der Waals surface area contributed by atoms with Gasteiger partial charge in [-0.15, -0.1) is 0 Å². The van der Waals surface area contributed by atoms with E-state index >= 15 is 0 Å². The number of hydrogen-bond acceptors (Lipinski definition) is 3. The van der Waals surface area contributed by atoms with Crippen LogP contribution in [0, 0.1) is 5.92 Å². The molecule has 0 amide bonds. The van der Waals surface area contributed by atoms with Gasteiger partial charge < -0.3 is 9.47 Å². The number of Topliss-reactive ketones (excluding diaryl/α,β-unsaturated/α-hetero) is 1. The average molecular weight is 339 g/mol. The molecule has 1 aromatic carbocycles. The summed E-state index contributed by atoms with van der Waals surface area (Å²) in [6, 6.07) is 6.16. The Morgan fingerprint density at radius 3 is 2.55 bits per heavy atom. The van der Waals surface area contributed by atoms with E-state index in [-0.39, 0.29) is 5.41 Å². The van der Waals surface area contributed by atoms with Crippen LogP contribution in [-0.2, 0) is 14.9 Å². The first kappa shape index (κ1) is 14.1. The summed E-state index contributed by atoms with van der Waals surface area (Å²) in [5.74, 6) is 1.84. The highest BCUT2D eigenvalue weighted by molar-refractivity contribution is 9.10. The maximum Gasteiger partial charge on any atom is 0.132 e. The van der Waals surface area contributed by atoms with Crippen LogP contribution < -0.4 is 4.74 Å². The van der Waals surface area contributed by atoms with E-state index in [1.165, 1.54) is 5.56 Å². The third kappa shape index (κ3) is 2.29. The Labute approximate surface area is 127 Å². The minimum atomic E-state index is 0.0236. The van der Waals surface area contributed by atoms with Gasteiger partial charge in [-0.05, 0) is 37.0 Å². The number of ether oxygens (including phenoxy) is 2. The van der Waals surface area contributed by atoms with Crippen molar-refractivity contribution in [1.29, 1.82) is 0 Å². The zero-order valence-electron chi connectivity index (χ0n) is 11.7. The van der Waals surface area contributed by atoms with Crippen molar-refractivity contribution >= 4 is 21.7 Å². The van der Waals surface area contributed by atoms with Crippen LogP contribution in [0.25, 0.3) is 0 Å². The topological polar surface area (TPSA) is 35.5 Å². The second-order valence-corrected chi connectivity index (χ2v) is 6.72. The fourth-order valence-corrected chi connectivity index (χ4v) is 3.86. The van der Waals surface area contributed by atoms with Crippen LogP contribution in [-0.4, -0.2) is 26.1 Å². The lowest BCUT2D eigenvalue weighted by Gasteiger charge is -2.49. The molecule has 0 spiro atoms. The Morgan fingerprint density at radius 2 is 2.00 bits per heavy atom. The summed E-state index contributed by atoms with van der Waals surface area (Å²) in [4.78, 5) is 11.5. The predicted octanol–water partition coefficient (Wildman–Crippen LogP) is 3.49. The van der Waals surface area contributed by atoms with Crippen molar-refractivity contribution < 1.29 is 14.3 Å². The third-order valence-corrected chi connectivity index (χ3v) is 5.24. The fraction of sp³-hybridized carbons (Fsp3) is 0.562. The minimum absolute atomic E-state index is 0.0236. The van der Waals surface area contributed by atoms with Crippen molar-refractivity contribution in [3.05, 3.63) is 28.2 Å². The van der Waals surface area contributed by atoms with E-state index in [9.17, 15) is 4.79 Å². The van der Waals surface area contributed by atoms with E-state index in [1.54, 1.807) is 7.11 Å². The molecular formula is C16H19BrO3. The molecule has 1 heterocycles. The van der Waals surface area contributed by atoms with E-state index in [2.05, 4.69) is 22.0 Å². The Morgan fingerprint density at radius 1 is 1.30 bits per heavy atom. The highest BCUT2D eigenvalue weighted by Crippen LogP contribution is 2.48. The maximum absolute atomic E-state index is 11.5. The molecule has 0 bridgehead atoms. The smallest absolute Gasteiger partial charge is 0.132 e. The van der Waals surface area contributed by atoms with Crippen LogP contribution >= 0.6 is 15.9 Å². The quantitative estimate of drug-likeness (QED) is 0.846. The van der Waals surface area contributed by atoms with Crippen LogP contribution in [0.3, 0.4) is 0 Å². The normalized spacial score (nSPS) is 22.4. The monoisotopic (exact) mass is 338 g/mol. The molecule has 0 unspecified atom stereocenters. The molecule has 0 radical (unpaired) electrons. The number of ketones is 1. The van der Waals surface area contributed by atoms with Gasteiger partial charge in [-0.1, -0.05) is 15.9 Å². The number of carbonyl (C=O) groups excluding carboxylic acids is 1. The summed E-state index contributed by atoms with van der Waals surface area (Å²) in [6.45, 7) is 1.47. The van der Waals surface area contributed by atoms with Crippen molar-refractivity contribution in [2.24, 2.45) is 5.92 Å². The van der Waals surface area contributed by atoms with Crippen molar-refractivity contribution in [2.75, 3.05) is 20.3 Å². The number of benzene rings is 1. The van der Waals surface area contributed by atoms with Gasteiger partial charge in [-0.25, -0.2) is 0 Å². The van der Waals surface area contributed by atoms with Crippen LogP contribution in [0.5, 0.6) is 5.75 Å². The molecule has 1 saturated carbocycles. The Bertz CT molecular complexity index is 512. The van der Waals surface area contributed by atoms with Gasteiger partial charge in [0.05, 0.1) is 20.3 Å². The first-order chi connectivity index (χ1) is 9.65. The molecule has 1 saturated heterocycles. The molecule has 0 N–H and O–H groups in total. The van der Waals surface area contributed by atoms with Gasteiger partial charge >= 0.3 is 0 Å². The number of methoxy groups -OCH3 is 1. The number of hydrogen-bond donors (Lipinski definition) is 0. The van der Waals surface area contributed by atoms with E-state index in [0.717, 1.165) is 36.3 Å². The van der Waals surface area contributed by atoms with E-state index < -0.39 is 0 Å². The summed E-state index contributed by atoms with van der Waals surface area (Å²) >= 11 is 3.55. The molecule has 20 heavy (non-hydrogen) atoms. The number of rotatable bonds is 3. The van der Waals surface area contributed by atoms with E-state index in [0.29, 0.717) is 24.5 Å². The molecule has 1 aliphatic carbocycles. The molecular weight excluding hydrogens is 320 g/mol. The van der Waals surface area contributed by atoms with Crippen LogP contribution in [0.1, 0.15) is 31.2 Å². The third-order valence-electron chi connectivity index (χ3n) is 4.74. The predicted molar refractivity (Wildman–Crippen MR) is 80.2 cm³/mol. The summed E-state index contributed by atoms with van der Waals surface area (Å²) in [5.41, 5.74) is 1.25. The number of carbonyl (C=O) groups is 1. The lowest BCUT2D eigenvalue weighted by molar-refractivity contribution is -0.127. The van der Waals surface area contributed by atoms with Crippen molar-refractivity contribution in [2.45, 2.75) is 31.1 Å².